The Morgan fingerprint density at radius 2 is 2.05 bits per heavy atom. The van der Waals surface area contributed by atoms with E-state index < -0.39 is 14.9 Å². The molecule has 2 rings (SSSR count). The molecule has 0 atom stereocenters. The van der Waals surface area contributed by atoms with Crippen LogP contribution in [-0.2, 0) is 10.0 Å². The van der Waals surface area contributed by atoms with E-state index in [4.69, 9.17) is 11.6 Å². The molecule has 0 aliphatic carbocycles. The Hall–Kier alpha value is -2.19. The van der Waals surface area contributed by atoms with Crippen molar-refractivity contribution in [3.05, 3.63) is 57.9 Å². The maximum atomic E-state index is 12.1. The molecule has 1 aromatic heterocycles. The minimum atomic E-state index is -3.97. The molecule has 0 spiro atoms. The second kappa shape index (κ2) is 5.43. The second-order valence-corrected chi connectivity index (χ2v) is 5.81. The fourth-order valence-corrected chi connectivity index (χ4v) is 2.73. The first-order chi connectivity index (χ1) is 9.40. The molecule has 0 aliphatic rings. The Balaban J connectivity index is 2.38. The molecular weight excluding hydrogens is 306 g/mol. The zero-order chi connectivity index (χ0) is 14.8. The summed E-state index contributed by atoms with van der Waals surface area (Å²) in [5, 5.41) is 10.8. The Morgan fingerprint density at radius 1 is 1.30 bits per heavy atom. The molecule has 9 heteroatoms. The number of hydrogen-bond acceptors (Lipinski definition) is 5. The van der Waals surface area contributed by atoms with E-state index in [9.17, 15) is 18.5 Å². The van der Waals surface area contributed by atoms with E-state index in [0.29, 0.717) is 0 Å². The summed E-state index contributed by atoms with van der Waals surface area (Å²) in [7, 11) is -3.97. The van der Waals surface area contributed by atoms with Gasteiger partial charge in [-0.2, -0.15) is 0 Å². The van der Waals surface area contributed by atoms with Gasteiger partial charge in [0.1, 0.15) is 0 Å². The van der Waals surface area contributed by atoms with Crippen LogP contribution in [0.5, 0.6) is 0 Å². The third kappa shape index (κ3) is 3.03. The standard InChI is InChI=1S/C11H8ClN3O4S/c12-10-4-5-13-7-11(10)14-20(18,19)9-3-1-2-8(6-9)15(16)17/h1-7,14H. The Morgan fingerprint density at radius 3 is 2.70 bits per heavy atom. The summed E-state index contributed by atoms with van der Waals surface area (Å²) in [4.78, 5) is 13.5. The van der Waals surface area contributed by atoms with Gasteiger partial charge >= 0.3 is 0 Å². The number of sulfonamides is 1. The summed E-state index contributed by atoms with van der Waals surface area (Å²) < 4.78 is 26.4. The van der Waals surface area contributed by atoms with Gasteiger partial charge in [-0.1, -0.05) is 17.7 Å². The molecule has 7 nitrogen and oxygen atoms in total. The lowest BCUT2D eigenvalue weighted by atomic mass is 10.3. The second-order valence-electron chi connectivity index (χ2n) is 3.72. The van der Waals surface area contributed by atoms with E-state index in [-0.39, 0.29) is 21.3 Å². The van der Waals surface area contributed by atoms with E-state index in [1.54, 1.807) is 0 Å². The highest BCUT2D eigenvalue weighted by atomic mass is 35.5. The van der Waals surface area contributed by atoms with Gasteiger partial charge in [-0.3, -0.25) is 19.8 Å². The van der Waals surface area contributed by atoms with Gasteiger partial charge in [0.15, 0.2) is 0 Å². The van der Waals surface area contributed by atoms with Crippen LogP contribution in [0.3, 0.4) is 0 Å². The molecule has 0 aliphatic heterocycles. The number of nitro benzene ring substituents is 1. The quantitative estimate of drug-likeness (QED) is 0.690. The van der Waals surface area contributed by atoms with Gasteiger partial charge in [-0.25, -0.2) is 8.42 Å². The molecule has 1 N–H and O–H groups in total. The zero-order valence-corrected chi connectivity index (χ0v) is 11.4. The van der Waals surface area contributed by atoms with Crippen LogP contribution >= 0.6 is 11.6 Å². The summed E-state index contributed by atoms with van der Waals surface area (Å²) in [5.41, 5.74) is -0.217. The van der Waals surface area contributed by atoms with E-state index in [1.165, 1.54) is 36.7 Å². The highest BCUT2D eigenvalue weighted by molar-refractivity contribution is 7.92. The monoisotopic (exact) mass is 313 g/mol. The smallest absolute Gasteiger partial charge is 0.270 e. The molecule has 1 heterocycles. The minimum absolute atomic E-state index is 0.0978. The lowest BCUT2D eigenvalue weighted by molar-refractivity contribution is -0.385. The van der Waals surface area contributed by atoms with Crippen LogP contribution < -0.4 is 4.72 Å². The van der Waals surface area contributed by atoms with Crippen LogP contribution in [0.4, 0.5) is 11.4 Å². The lowest BCUT2D eigenvalue weighted by Crippen LogP contribution is -2.13. The number of benzene rings is 1. The number of non-ortho nitro benzene ring substituents is 1. The largest absolute Gasteiger partial charge is 0.277 e. The van der Waals surface area contributed by atoms with Crippen LogP contribution in [0.25, 0.3) is 0 Å². The predicted molar refractivity (Wildman–Crippen MR) is 73.2 cm³/mol. The van der Waals surface area contributed by atoms with Crippen LogP contribution in [-0.4, -0.2) is 18.3 Å². The maximum Gasteiger partial charge on any atom is 0.270 e. The predicted octanol–water partition coefficient (Wildman–Crippen LogP) is 2.44. The topological polar surface area (TPSA) is 102 Å². The first kappa shape index (κ1) is 14.2. The van der Waals surface area contributed by atoms with E-state index in [1.807, 2.05) is 0 Å². The average Bonchev–Trinajstić information content (AvgIpc) is 2.41. The van der Waals surface area contributed by atoms with Crippen molar-refractivity contribution in [2.45, 2.75) is 4.90 Å². The van der Waals surface area contributed by atoms with E-state index in [0.717, 1.165) is 6.07 Å². The molecule has 0 radical (unpaired) electrons. The van der Waals surface area contributed by atoms with Crippen molar-refractivity contribution in [1.82, 2.24) is 4.98 Å². The number of nitro groups is 1. The Bertz CT molecular complexity index is 764. The molecular formula is C11H8ClN3O4S. The summed E-state index contributed by atoms with van der Waals surface area (Å²) >= 11 is 5.82. The fourth-order valence-electron chi connectivity index (χ4n) is 1.42. The van der Waals surface area contributed by atoms with Crippen molar-refractivity contribution in [3.8, 4) is 0 Å². The van der Waals surface area contributed by atoms with Crippen molar-refractivity contribution in [3.63, 3.8) is 0 Å². The van der Waals surface area contributed by atoms with Gasteiger partial charge in [0, 0.05) is 18.3 Å². The van der Waals surface area contributed by atoms with E-state index in [2.05, 4.69) is 9.71 Å². The first-order valence-corrected chi connectivity index (χ1v) is 7.13. The number of pyridine rings is 1. The SMILES string of the molecule is O=[N+]([O-])c1cccc(S(=O)(=O)Nc2cnccc2Cl)c1. The highest BCUT2D eigenvalue weighted by Gasteiger charge is 2.18. The normalized spacial score (nSPS) is 11.1. The molecule has 0 unspecified atom stereocenters. The molecule has 0 saturated carbocycles. The fraction of sp³-hybridized carbons (Fsp3) is 0. The Kier molecular flexibility index (Phi) is 3.86. The number of anilines is 1. The van der Waals surface area contributed by atoms with Gasteiger partial charge in [-0.15, -0.1) is 0 Å². The van der Waals surface area contributed by atoms with Gasteiger partial charge in [0.2, 0.25) is 0 Å². The van der Waals surface area contributed by atoms with Gasteiger partial charge in [0.25, 0.3) is 15.7 Å². The van der Waals surface area contributed by atoms with Crippen LogP contribution in [0.15, 0.2) is 47.6 Å². The number of rotatable bonds is 4. The van der Waals surface area contributed by atoms with Crippen molar-refractivity contribution in [1.29, 1.82) is 0 Å². The van der Waals surface area contributed by atoms with Crippen LogP contribution in [0, 0.1) is 10.1 Å². The molecule has 0 amide bonds. The van der Waals surface area contributed by atoms with Crippen LogP contribution in [0.1, 0.15) is 0 Å². The minimum Gasteiger partial charge on any atom is -0.277 e. The average molecular weight is 314 g/mol. The zero-order valence-electron chi connectivity index (χ0n) is 9.86. The molecule has 2 aromatic rings. The van der Waals surface area contributed by atoms with Crippen molar-refractivity contribution >= 4 is 33.0 Å². The maximum absolute atomic E-state index is 12.1. The number of nitrogens with zero attached hydrogens (tertiary/aromatic N) is 2. The van der Waals surface area contributed by atoms with Crippen molar-refractivity contribution in [2.75, 3.05) is 4.72 Å². The summed E-state index contributed by atoms with van der Waals surface area (Å²) in [5.74, 6) is 0. The third-order valence-electron chi connectivity index (χ3n) is 2.35. The first-order valence-electron chi connectivity index (χ1n) is 5.27. The molecule has 0 fully saturated rings. The summed E-state index contributed by atoms with van der Waals surface area (Å²) in [6, 6.07) is 6.13. The molecule has 1 aromatic carbocycles. The number of aromatic nitrogens is 1. The molecule has 104 valence electrons. The summed E-state index contributed by atoms with van der Waals surface area (Å²) in [6.07, 6.45) is 2.66. The van der Waals surface area contributed by atoms with Gasteiger partial charge in [-0.05, 0) is 12.1 Å². The summed E-state index contributed by atoms with van der Waals surface area (Å²) in [6.45, 7) is 0. The Labute approximate surface area is 119 Å². The van der Waals surface area contributed by atoms with E-state index >= 15 is 0 Å². The highest BCUT2D eigenvalue weighted by Crippen LogP contribution is 2.24. The molecule has 20 heavy (non-hydrogen) atoms. The number of hydrogen-bond donors (Lipinski definition) is 1. The van der Waals surface area contributed by atoms with Gasteiger partial charge < -0.3 is 0 Å². The van der Waals surface area contributed by atoms with Crippen LogP contribution in [0.2, 0.25) is 5.02 Å². The lowest BCUT2D eigenvalue weighted by Gasteiger charge is -2.08. The van der Waals surface area contributed by atoms with Gasteiger partial charge in [0.05, 0.1) is 26.7 Å². The van der Waals surface area contributed by atoms with Crippen molar-refractivity contribution in [2.24, 2.45) is 0 Å². The molecule has 0 bridgehead atoms. The van der Waals surface area contributed by atoms with Crippen molar-refractivity contribution < 1.29 is 13.3 Å². The third-order valence-corrected chi connectivity index (χ3v) is 4.04. The number of halogens is 1. The molecule has 0 saturated heterocycles. The number of nitrogens with one attached hydrogen (secondary N) is 1.